The smallest absolute Gasteiger partial charge is 0.263 e. The number of aromatic nitrogens is 1. The van der Waals surface area contributed by atoms with E-state index in [1.54, 1.807) is 18.2 Å². The van der Waals surface area contributed by atoms with Crippen LogP contribution in [0.25, 0.3) is 11.1 Å². The second-order valence-electron chi connectivity index (χ2n) is 13.3. The van der Waals surface area contributed by atoms with Crippen LogP contribution in [0.15, 0.2) is 90.1 Å². The zero-order valence-corrected chi connectivity index (χ0v) is 28.5. The minimum absolute atomic E-state index is 0.00656. The highest BCUT2D eigenvalue weighted by molar-refractivity contribution is 7.99. The van der Waals surface area contributed by atoms with Crippen molar-refractivity contribution in [1.82, 2.24) is 20.1 Å². The van der Waals surface area contributed by atoms with E-state index in [9.17, 15) is 24.3 Å². The minimum Gasteiger partial charge on any atom is -0.394 e. The summed E-state index contributed by atoms with van der Waals surface area (Å²) in [6.45, 7) is 1.87. The third-order valence-electron chi connectivity index (χ3n) is 10.3. The predicted octanol–water partition coefficient (Wildman–Crippen LogP) is 4.64. The van der Waals surface area contributed by atoms with E-state index in [4.69, 9.17) is 0 Å². The fourth-order valence-corrected chi connectivity index (χ4v) is 8.69. The Bertz CT molecular complexity index is 2130. The van der Waals surface area contributed by atoms with Gasteiger partial charge in [0.1, 0.15) is 6.04 Å². The summed E-state index contributed by atoms with van der Waals surface area (Å²) in [6, 6.07) is 23.0. The Labute approximate surface area is 299 Å². The molecule has 0 radical (unpaired) electrons. The van der Waals surface area contributed by atoms with Crippen LogP contribution in [-0.4, -0.2) is 74.5 Å². The molecule has 1 aromatic heterocycles. The summed E-state index contributed by atoms with van der Waals surface area (Å²) in [7, 11) is 0. The Balaban J connectivity index is 0.990. The van der Waals surface area contributed by atoms with Crippen LogP contribution in [-0.2, 0) is 16.1 Å². The van der Waals surface area contributed by atoms with Crippen molar-refractivity contribution in [3.63, 3.8) is 0 Å². The molecule has 2 saturated heterocycles. The van der Waals surface area contributed by atoms with Crippen LogP contribution >= 0.6 is 11.8 Å². The monoisotopic (exact) mass is 697 g/mol. The predicted molar refractivity (Wildman–Crippen MR) is 193 cm³/mol. The SMILES string of the molecule is O=C1CCC(N2C(=O)c3cccc(SCC#Cc4cccc(-c5ccc6c(c5)[C@H]5[C@H](CCN5Cc5ccncc5)[C@@H](CO)N6)c4)c3C2=O)C(=O)N1. The first kappa shape index (κ1) is 32.9. The average Bonchev–Trinajstić information content (AvgIpc) is 3.68. The number of thioether (sulfide) groups is 1. The van der Waals surface area contributed by atoms with E-state index < -0.39 is 29.7 Å². The van der Waals surface area contributed by atoms with E-state index in [0.29, 0.717) is 16.6 Å². The van der Waals surface area contributed by atoms with Crippen LogP contribution in [0.4, 0.5) is 5.69 Å². The van der Waals surface area contributed by atoms with Gasteiger partial charge < -0.3 is 10.4 Å². The van der Waals surface area contributed by atoms with Gasteiger partial charge >= 0.3 is 0 Å². The Morgan fingerprint density at radius 3 is 2.57 bits per heavy atom. The molecule has 51 heavy (non-hydrogen) atoms. The maximum absolute atomic E-state index is 13.4. The number of nitrogens with one attached hydrogen (secondary N) is 2. The van der Waals surface area contributed by atoms with Crippen molar-refractivity contribution in [2.45, 2.75) is 48.8 Å². The lowest BCUT2D eigenvalue weighted by Gasteiger charge is -2.39. The maximum Gasteiger partial charge on any atom is 0.263 e. The van der Waals surface area contributed by atoms with E-state index >= 15 is 0 Å². The fourth-order valence-electron chi connectivity index (χ4n) is 7.87. The number of carbonyl (C=O) groups is 4. The number of fused-ring (bicyclic) bond motifs is 4. The molecule has 256 valence electrons. The van der Waals surface area contributed by atoms with Gasteiger partial charge in [0.15, 0.2) is 0 Å². The Kier molecular flexibility index (Phi) is 8.90. The van der Waals surface area contributed by atoms with E-state index in [1.807, 2.05) is 24.5 Å². The van der Waals surface area contributed by atoms with Gasteiger partial charge in [0.05, 0.1) is 29.5 Å². The van der Waals surface area contributed by atoms with Crippen molar-refractivity contribution in [1.29, 1.82) is 0 Å². The van der Waals surface area contributed by atoms with Crippen molar-refractivity contribution >= 4 is 41.1 Å². The number of nitrogens with zero attached hydrogens (tertiary/aromatic N) is 3. The lowest BCUT2D eigenvalue weighted by Crippen LogP contribution is -2.54. The van der Waals surface area contributed by atoms with Crippen molar-refractivity contribution in [2.75, 3.05) is 24.2 Å². The summed E-state index contributed by atoms with van der Waals surface area (Å²) in [5.41, 5.74) is 7.05. The highest BCUT2D eigenvalue weighted by atomic mass is 32.2. The number of amides is 4. The van der Waals surface area contributed by atoms with Crippen LogP contribution < -0.4 is 10.6 Å². The molecule has 11 heteroatoms. The summed E-state index contributed by atoms with van der Waals surface area (Å²) in [4.78, 5) is 59.0. The Morgan fingerprint density at radius 1 is 0.922 bits per heavy atom. The van der Waals surface area contributed by atoms with Gasteiger partial charge in [-0.3, -0.25) is 39.3 Å². The lowest BCUT2D eigenvalue weighted by atomic mass is 9.82. The second-order valence-corrected chi connectivity index (χ2v) is 14.3. The standard InChI is InChI=1S/C40H35N5O5S/c46-23-32-28-15-18-44(22-25-13-16-41-17-14-25)37(28)30-21-27(9-10-31(30)42-32)26-6-1-4-24(20-26)5-3-19-51-34-8-2-7-29-36(34)40(50)45(39(29)49)33-11-12-35(47)43-38(33)48/h1-2,4,6-10,13-14,16-17,20-21,28,32-33,37,42,46H,11-12,15,18-19,22-23H2,(H,43,47,48)/t28-,32-,33?,37-/m1/s1. The van der Waals surface area contributed by atoms with Gasteiger partial charge in [-0.2, -0.15) is 0 Å². The number of imide groups is 2. The summed E-state index contributed by atoms with van der Waals surface area (Å²) in [5, 5.41) is 16.1. The molecule has 2 fully saturated rings. The van der Waals surface area contributed by atoms with Crippen molar-refractivity contribution in [3.05, 3.63) is 113 Å². The number of hydrogen-bond acceptors (Lipinski definition) is 9. The van der Waals surface area contributed by atoms with Gasteiger partial charge in [0.2, 0.25) is 11.8 Å². The van der Waals surface area contributed by atoms with E-state index in [0.717, 1.165) is 46.8 Å². The molecular weight excluding hydrogens is 663 g/mol. The van der Waals surface area contributed by atoms with Crippen molar-refractivity contribution in [3.8, 4) is 23.0 Å². The molecule has 3 aromatic carbocycles. The van der Waals surface area contributed by atoms with E-state index in [1.165, 1.54) is 22.9 Å². The van der Waals surface area contributed by atoms with Crippen LogP contribution in [0, 0.1) is 17.8 Å². The van der Waals surface area contributed by atoms with Crippen LogP contribution in [0.5, 0.6) is 0 Å². The second kappa shape index (κ2) is 13.8. The largest absolute Gasteiger partial charge is 0.394 e. The number of piperidine rings is 1. The third-order valence-corrected chi connectivity index (χ3v) is 11.2. The van der Waals surface area contributed by atoms with Crippen LogP contribution in [0.1, 0.15) is 62.7 Å². The van der Waals surface area contributed by atoms with Crippen LogP contribution in [0.3, 0.4) is 0 Å². The normalized spacial score (nSPS) is 22.4. The van der Waals surface area contributed by atoms with E-state index in [-0.39, 0.29) is 42.7 Å². The van der Waals surface area contributed by atoms with Gasteiger partial charge in [-0.25, -0.2) is 0 Å². The zero-order valence-electron chi connectivity index (χ0n) is 27.7. The number of likely N-dealkylation sites (tertiary alicyclic amines) is 1. The van der Waals surface area contributed by atoms with Gasteiger partial charge in [0.25, 0.3) is 11.8 Å². The first-order chi connectivity index (χ1) is 24.9. The summed E-state index contributed by atoms with van der Waals surface area (Å²) in [5.74, 6) is 5.07. The highest BCUT2D eigenvalue weighted by Gasteiger charge is 2.46. The molecule has 4 aromatic rings. The highest BCUT2D eigenvalue weighted by Crippen LogP contribution is 2.48. The molecule has 0 aliphatic carbocycles. The minimum atomic E-state index is -1.01. The molecule has 0 bridgehead atoms. The van der Waals surface area contributed by atoms with Crippen molar-refractivity contribution in [2.24, 2.45) is 5.92 Å². The van der Waals surface area contributed by atoms with E-state index in [2.05, 4.69) is 74.8 Å². The molecule has 1 unspecified atom stereocenters. The Hall–Kier alpha value is -5.28. The molecule has 10 nitrogen and oxygen atoms in total. The number of aliphatic hydroxyl groups is 1. The van der Waals surface area contributed by atoms with Crippen LogP contribution in [0.2, 0.25) is 0 Å². The number of pyridine rings is 1. The first-order valence-corrected chi connectivity index (χ1v) is 18.1. The molecule has 4 atom stereocenters. The molecule has 3 N–H and O–H groups in total. The lowest BCUT2D eigenvalue weighted by molar-refractivity contribution is -0.136. The maximum atomic E-state index is 13.4. The van der Waals surface area contributed by atoms with Gasteiger partial charge in [0, 0.05) is 53.5 Å². The molecular formula is C40H35N5O5S. The van der Waals surface area contributed by atoms with Gasteiger partial charge in [-0.15, -0.1) is 11.8 Å². The first-order valence-electron chi connectivity index (χ1n) is 17.1. The molecule has 5 heterocycles. The quantitative estimate of drug-likeness (QED) is 0.144. The number of aliphatic hydroxyl groups excluding tert-OH is 1. The topological polar surface area (TPSA) is 132 Å². The number of benzene rings is 3. The number of rotatable bonds is 7. The Morgan fingerprint density at radius 2 is 1.75 bits per heavy atom. The number of anilines is 1. The zero-order chi connectivity index (χ0) is 35.1. The fraction of sp³-hybridized carbons (Fsp3) is 0.275. The van der Waals surface area contributed by atoms with Gasteiger partial charge in [-0.1, -0.05) is 36.1 Å². The molecule has 0 spiro atoms. The summed E-state index contributed by atoms with van der Waals surface area (Å²) >= 11 is 1.37. The molecule has 4 aliphatic rings. The summed E-state index contributed by atoms with van der Waals surface area (Å²) in [6.07, 6.45) is 4.86. The molecule has 8 rings (SSSR count). The summed E-state index contributed by atoms with van der Waals surface area (Å²) < 4.78 is 0. The van der Waals surface area contributed by atoms with Crippen molar-refractivity contribution < 1.29 is 24.3 Å². The molecule has 0 saturated carbocycles. The third kappa shape index (κ3) is 6.20. The number of carbonyl (C=O) groups excluding carboxylic acids is 4. The molecule has 4 amide bonds. The molecule has 4 aliphatic heterocycles. The van der Waals surface area contributed by atoms with Gasteiger partial charge in [-0.05, 0) is 90.2 Å². The number of hydrogen-bond donors (Lipinski definition) is 3. The average molecular weight is 698 g/mol.